The molecule has 0 saturated carbocycles. The number of ether oxygens (including phenoxy) is 2. The number of carbonyl (C=O) groups is 2. The first-order valence-corrected chi connectivity index (χ1v) is 11.6. The van der Waals surface area contributed by atoms with Crippen molar-refractivity contribution in [2.75, 3.05) is 32.8 Å². The molecule has 2 aliphatic heterocycles. The Bertz CT molecular complexity index is 1170. The van der Waals surface area contributed by atoms with Crippen molar-refractivity contribution in [1.82, 2.24) is 9.80 Å². The van der Waals surface area contributed by atoms with E-state index in [1.165, 1.54) is 5.56 Å². The van der Waals surface area contributed by atoms with Crippen molar-refractivity contribution in [2.45, 2.75) is 26.0 Å². The van der Waals surface area contributed by atoms with Crippen LogP contribution in [0.1, 0.15) is 46.0 Å². The number of hydrogen-bond donors (Lipinski definition) is 0. The first kappa shape index (κ1) is 22.2. The summed E-state index contributed by atoms with van der Waals surface area (Å²) in [6.45, 7) is 4.75. The Morgan fingerprint density at radius 2 is 1.79 bits per heavy atom. The monoisotopic (exact) mass is 460 g/mol. The molecule has 1 atom stereocenters. The van der Waals surface area contributed by atoms with E-state index in [0.29, 0.717) is 50.1 Å². The van der Waals surface area contributed by atoms with Crippen LogP contribution < -0.4 is 4.74 Å². The van der Waals surface area contributed by atoms with E-state index in [0.717, 1.165) is 17.5 Å². The van der Waals surface area contributed by atoms with Crippen LogP contribution in [0.5, 0.6) is 5.75 Å². The number of furan rings is 1. The Morgan fingerprint density at radius 1 is 1.00 bits per heavy atom. The number of nitrogens with zero attached hydrogens (tertiary/aromatic N) is 2. The van der Waals surface area contributed by atoms with Crippen LogP contribution in [-0.4, -0.2) is 54.5 Å². The summed E-state index contributed by atoms with van der Waals surface area (Å²) in [4.78, 5) is 28.7. The van der Waals surface area contributed by atoms with Crippen molar-refractivity contribution in [2.24, 2.45) is 0 Å². The highest BCUT2D eigenvalue weighted by atomic mass is 16.5. The van der Waals surface area contributed by atoms with Gasteiger partial charge >= 0.3 is 0 Å². The van der Waals surface area contributed by atoms with Crippen molar-refractivity contribution in [1.29, 1.82) is 0 Å². The summed E-state index contributed by atoms with van der Waals surface area (Å²) < 4.78 is 17.1. The molecule has 0 spiro atoms. The summed E-state index contributed by atoms with van der Waals surface area (Å²) in [6.07, 6.45) is 0.809. The smallest absolute Gasteiger partial charge is 0.289 e. The molecule has 1 saturated heterocycles. The molecule has 2 aliphatic rings. The van der Waals surface area contributed by atoms with Crippen molar-refractivity contribution < 1.29 is 23.5 Å². The van der Waals surface area contributed by atoms with E-state index in [9.17, 15) is 9.59 Å². The predicted molar refractivity (Wildman–Crippen MR) is 126 cm³/mol. The Labute approximate surface area is 198 Å². The maximum atomic E-state index is 12.6. The average molecular weight is 461 g/mol. The van der Waals surface area contributed by atoms with Crippen LogP contribution >= 0.6 is 0 Å². The number of fused-ring (bicyclic) bond motifs is 1. The van der Waals surface area contributed by atoms with Crippen LogP contribution in [0.3, 0.4) is 0 Å². The molecular weight excluding hydrogens is 432 g/mol. The summed E-state index contributed by atoms with van der Waals surface area (Å²) in [5.74, 6) is 1.52. The van der Waals surface area contributed by atoms with Crippen molar-refractivity contribution in [3.63, 3.8) is 0 Å². The third-order valence-electron chi connectivity index (χ3n) is 6.42. The van der Waals surface area contributed by atoms with E-state index in [1.54, 1.807) is 24.0 Å². The summed E-state index contributed by atoms with van der Waals surface area (Å²) in [5.41, 5.74) is 3.37. The maximum absolute atomic E-state index is 12.6. The van der Waals surface area contributed by atoms with E-state index >= 15 is 0 Å². The van der Waals surface area contributed by atoms with E-state index in [2.05, 4.69) is 18.2 Å². The highest BCUT2D eigenvalue weighted by Gasteiger charge is 2.30. The molecule has 34 heavy (non-hydrogen) atoms. The molecule has 0 radical (unpaired) electrons. The molecule has 1 unspecified atom stereocenters. The van der Waals surface area contributed by atoms with Crippen LogP contribution in [0.25, 0.3) is 0 Å². The SMILES string of the molecule is CC(=O)N1CCc2ccc(OCc3ccc(C(=O)N4CCOCC4)o3)cc2C1c1ccccc1. The first-order valence-electron chi connectivity index (χ1n) is 11.6. The van der Waals surface area contributed by atoms with Gasteiger partial charge in [0.25, 0.3) is 5.91 Å². The van der Waals surface area contributed by atoms with Crippen molar-refractivity contribution in [3.05, 3.63) is 88.9 Å². The van der Waals surface area contributed by atoms with Gasteiger partial charge < -0.3 is 23.7 Å². The molecule has 3 heterocycles. The molecule has 2 aromatic carbocycles. The molecule has 176 valence electrons. The van der Waals surface area contributed by atoms with Crippen LogP contribution in [-0.2, 0) is 22.6 Å². The topological polar surface area (TPSA) is 72.2 Å². The van der Waals surface area contributed by atoms with E-state index < -0.39 is 0 Å². The quantitative estimate of drug-likeness (QED) is 0.579. The lowest BCUT2D eigenvalue weighted by molar-refractivity contribution is -0.130. The zero-order valence-corrected chi connectivity index (χ0v) is 19.2. The van der Waals surface area contributed by atoms with Gasteiger partial charge in [0.1, 0.15) is 18.1 Å². The summed E-state index contributed by atoms with van der Waals surface area (Å²) in [5, 5.41) is 0. The molecular formula is C27H28N2O5. The number of carbonyl (C=O) groups excluding carboxylic acids is 2. The minimum absolute atomic E-state index is 0.0545. The lowest BCUT2D eigenvalue weighted by Crippen LogP contribution is -2.40. The largest absolute Gasteiger partial charge is 0.486 e. The lowest BCUT2D eigenvalue weighted by atomic mass is 9.88. The molecule has 3 aromatic rings. The Kier molecular flexibility index (Phi) is 6.36. The molecule has 0 N–H and O–H groups in total. The molecule has 0 bridgehead atoms. The van der Waals surface area contributed by atoms with Gasteiger partial charge in [-0.15, -0.1) is 0 Å². The van der Waals surface area contributed by atoms with Gasteiger partial charge in [-0.3, -0.25) is 9.59 Å². The summed E-state index contributed by atoms with van der Waals surface area (Å²) in [6, 6.07) is 19.4. The van der Waals surface area contributed by atoms with Gasteiger partial charge in [-0.05, 0) is 47.4 Å². The second kappa shape index (κ2) is 9.73. The minimum atomic E-state index is -0.146. The van der Waals surface area contributed by atoms with Crippen LogP contribution in [0.4, 0.5) is 0 Å². The van der Waals surface area contributed by atoms with Gasteiger partial charge in [-0.1, -0.05) is 36.4 Å². The normalized spacial score (nSPS) is 17.9. The third-order valence-corrected chi connectivity index (χ3v) is 6.42. The van der Waals surface area contributed by atoms with E-state index in [4.69, 9.17) is 13.9 Å². The van der Waals surface area contributed by atoms with Gasteiger partial charge in [0, 0.05) is 26.6 Å². The number of rotatable bonds is 5. The third kappa shape index (κ3) is 4.56. The summed E-state index contributed by atoms with van der Waals surface area (Å²) >= 11 is 0. The van der Waals surface area contributed by atoms with Crippen LogP contribution in [0, 0.1) is 0 Å². The van der Waals surface area contributed by atoms with E-state index in [-0.39, 0.29) is 24.5 Å². The Balaban J connectivity index is 1.33. The van der Waals surface area contributed by atoms with Gasteiger partial charge in [0.05, 0.1) is 19.3 Å². The molecule has 0 aliphatic carbocycles. The number of benzene rings is 2. The second-order valence-corrected chi connectivity index (χ2v) is 8.60. The van der Waals surface area contributed by atoms with Gasteiger partial charge in [-0.25, -0.2) is 0 Å². The van der Waals surface area contributed by atoms with Crippen LogP contribution in [0.2, 0.25) is 0 Å². The number of amides is 2. The second-order valence-electron chi connectivity index (χ2n) is 8.60. The lowest BCUT2D eigenvalue weighted by Gasteiger charge is -2.37. The standard InChI is InChI=1S/C27H28N2O5/c1-19(30)29-12-11-20-7-8-22(17-24(20)26(29)21-5-3-2-4-6-21)33-18-23-9-10-25(34-23)27(31)28-13-15-32-16-14-28/h2-10,17,26H,11-16,18H2,1H3. The van der Waals surface area contributed by atoms with Crippen LogP contribution in [0.15, 0.2) is 65.1 Å². The zero-order chi connectivity index (χ0) is 23.5. The molecule has 1 fully saturated rings. The Morgan fingerprint density at radius 3 is 2.56 bits per heavy atom. The minimum Gasteiger partial charge on any atom is -0.486 e. The molecule has 5 rings (SSSR count). The number of morpholine rings is 1. The molecule has 2 amide bonds. The van der Waals surface area contributed by atoms with E-state index in [1.807, 2.05) is 35.2 Å². The highest BCUT2D eigenvalue weighted by molar-refractivity contribution is 5.91. The predicted octanol–water partition coefficient (Wildman–Crippen LogP) is 3.83. The Hall–Kier alpha value is -3.58. The maximum Gasteiger partial charge on any atom is 0.289 e. The molecule has 7 heteroatoms. The highest BCUT2D eigenvalue weighted by Crippen LogP contribution is 2.37. The summed E-state index contributed by atoms with van der Waals surface area (Å²) in [7, 11) is 0. The molecule has 1 aromatic heterocycles. The fourth-order valence-electron chi connectivity index (χ4n) is 4.66. The molecule has 7 nitrogen and oxygen atoms in total. The van der Waals surface area contributed by atoms with Gasteiger partial charge in [0.15, 0.2) is 5.76 Å². The van der Waals surface area contributed by atoms with Gasteiger partial charge in [0.2, 0.25) is 5.91 Å². The fourth-order valence-corrected chi connectivity index (χ4v) is 4.66. The van der Waals surface area contributed by atoms with Crippen molar-refractivity contribution in [3.8, 4) is 5.75 Å². The zero-order valence-electron chi connectivity index (χ0n) is 19.2. The average Bonchev–Trinajstić information content (AvgIpc) is 3.36. The van der Waals surface area contributed by atoms with Gasteiger partial charge in [-0.2, -0.15) is 0 Å². The number of hydrogen-bond acceptors (Lipinski definition) is 5. The van der Waals surface area contributed by atoms with Crippen molar-refractivity contribution >= 4 is 11.8 Å². The first-order chi connectivity index (χ1) is 16.6. The fraction of sp³-hybridized carbons (Fsp3) is 0.333.